The number of H-pyrrole nitrogens is 1. The molecule has 1 N–H and O–H groups in total. The molecule has 1 aromatic carbocycles. The number of fused-ring (bicyclic) bond motifs is 1. The standard InChI is InChI=1S/C15H14F3N3O/c1-2-10-4-3-7-21(10)13(22)9-5-6-11-12(8-9)20-14(19-11)15(16,17)18/h3-6,8,10H,2,7H2,1H3,(H,19,20)/t10-/m1/s1. The van der Waals surface area contributed by atoms with E-state index in [1.165, 1.54) is 18.2 Å². The van der Waals surface area contributed by atoms with E-state index in [4.69, 9.17) is 0 Å². The van der Waals surface area contributed by atoms with Gasteiger partial charge in [0.25, 0.3) is 5.91 Å². The molecule has 1 atom stereocenters. The molecule has 0 saturated heterocycles. The van der Waals surface area contributed by atoms with Crippen molar-refractivity contribution in [2.24, 2.45) is 0 Å². The van der Waals surface area contributed by atoms with E-state index in [1.807, 2.05) is 19.1 Å². The second-order valence-electron chi connectivity index (χ2n) is 5.18. The Kier molecular flexibility index (Phi) is 3.42. The number of rotatable bonds is 2. The average Bonchev–Trinajstić information content (AvgIpc) is 3.11. The summed E-state index contributed by atoms with van der Waals surface area (Å²) in [7, 11) is 0. The van der Waals surface area contributed by atoms with Crippen LogP contribution in [0, 0.1) is 0 Å². The van der Waals surface area contributed by atoms with Crippen molar-refractivity contribution >= 4 is 16.9 Å². The first-order chi connectivity index (χ1) is 10.4. The summed E-state index contributed by atoms with van der Waals surface area (Å²) in [6.45, 7) is 2.50. The lowest BCUT2D eigenvalue weighted by atomic mass is 10.1. The summed E-state index contributed by atoms with van der Waals surface area (Å²) in [4.78, 5) is 19.9. The van der Waals surface area contributed by atoms with Gasteiger partial charge < -0.3 is 9.88 Å². The molecule has 1 aliphatic heterocycles. The molecule has 1 amide bonds. The fourth-order valence-corrected chi connectivity index (χ4v) is 2.60. The normalized spacial score (nSPS) is 18.4. The van der Waals surface area contributed by atoms with E-state index in [0.717, 1.165) is 6.42 Å². The summed E-state index contributed by atoms with van der Waals surface area (Å²) in [6, 6.07) is 4.40. The van der Waals surface area contributed by atoms with Gasteiger partial charge >= 0.3 is 6.18 Å². The number of benzene rings is 1. The molecule has 0 fully saturated rings. The van der Waals surface area contributed by atoms with Crippen LogP contribution in [0.1, 0.15) is 29.5 Å². The lowest BCUT2D eigenvalue weighted by Gasteiger charge is -2.23. The van der Waals surface area contributed by atoms with Gasteiger partial charge in [-0.3, -0.25) is 4.79 Å². The molecule has 22 heavy (non-hydrogen) atoms. The van der Waals surface area contributed by atoms with Crippen LogP contribution in [0.4, 0.5) is 13.2 Å². The summed E-state index contributed by atoms with van der Waals surface area (Å²) in [5, 5.41) is 0. The zero-order valence-electron chi connectivity index (χ0n) is 11.8. The Bertz CT molecular complexity index is 748. The van der Waals surface area contributed by atoms with Crippen molar-refractivity contribution in [1.29, 1.82) is 0 Å². The van der Waals surface area contributed by atoms with E-state index in [-0.39, 0.29) is 23.0 Å². The number of hydrogen-bond donors (Lipinski definition) is 1. The maximum Gasteiger partial charge on any atom is 0.449 e. The topological polar surface area (TPSA) is 49.0 Å². The third-order valence-electron chi connectivity index (χ3n) is 3.74. The van der Waals surface area contributed by atoms with Gasteiger partial charge in [-0.1, -0.05) is 19.1 Å². The van der Waals surface area contributed by atoms with Gasteiger partial charge in [0.15, 0.2) is 0 Å². The summed E-state index contributed by atoms with van der Waals surface area (Å²) >= 11 is 0. The molecule has 116 valence electrons. The number of amides is 1. The first-order valence-corrected chi connectivity index (χ1v) is 6.94. The van der Waals surface area contributed by atoms with Gasteiger partial charge in [0.1, 0.15) is 0 Å². The minimum Gasteiger partial charge on any atom is -0.334 e. The number of aromatic nitrogens is 2. The van der Waals surface area contributed by atoms with E-state index in [0.29, 0.717) is 12.1 Å². The molecule has 2 heterocycles. The summed E-state index contributed by atoms with van der Waals surface area (Å²) in [6.07, 6.45) is 0.152. The minimum absolute atomic E-state index is 0.0377. The van der Waals surface area contributed by atoms with Crippen LogP contribution in [0.25, 0.3) is 11.0 Å². The molecular formula is C15H14F3N3O. The molecule has 0 spiro atoms. The van der Waals surface area contributed by atoms with Crippen molar-refractivity contribution in [3.8, 4) is 0 Å². The zero-order chi connectivity index (χ0) is 15.9. The monoisotopic (exact) mass is 309 g/mol. The third kappa shape index (κ3) is 2.47. The van der Waals surface area contributed by atoms with Gasteiger partial charge in [0, 0.05) is 12.1 Å². The number of hydrogen-bond acceptors (Lipinski definition) is 2. The fraction of sp³-hybridized carbons (Fsp3) is 0.333. The lowest BCUT2D eigenvalue weighted by Crippen LogP contribution is -2.35. The molecule has 0 radical (unpaired) electrons. The fourth-order valence-electron chi connectivity index (χ4n) is 2.60. The van der Waals surface area contributed by atoms with Crippen molar-refractivity contribution < 1.29 is 18.0 Å². The van der Waals surface area contributed by atoms with Gasteiger partial charge in [0.2, 0.25) is 5.82 Å². The summed E-state index contributed by atoms with van der Waals surface area (Å²) in [5.74, 6) is -1.25. The van der Waals surface area contributed by atoms with E-state index >= 15 is 0 Å². The Hall–Kier alpha value is -2.31. The van der Waals surface area contributed by atoms with Gasteiger partial charge in [-0.05, 0) is 24.6 Å². The minimum atomic E-state index is -4.53. The first kappa shape index (κ1) is 14.6. The summed E-state index contributed by atoms with van der Waals surface area (Å²) < 4.78 is 38.0. The number of carbonyl (C=O) groups excluding carboxylic acids is 1. The molecule has 4 nitrogen and oxygen atoms in total. The highest BCUT2D eigenvalue weighted by Gasteiger charge is 2.35. The lowest BCUT2D eigenvalue weighted by molar-refractivity contribution is -0.144. The van der Waals surface area contributed by atoms with Crippen LogP contribution < -0.4 is 0 Å². The Morgan fingerprint density at radius 2 is 2.23 bits per heavy atom. The largest absolute Gasteiger partial charge is 0.449 e. The average molecular weight is 309 g/mol. The molecule has 3 rings (SSSR count). The van der Waals surface area contributed by atoms with Gasteiger partial charge in [0.05, 0.1) is 17.1 Å². The van der Waals surface area contributed by atoms with Crippen LogP contribution in [0.2, 0.25) is 0 Å². The molecule has 7 heteroatoms. The predicted molar refractivity (Wildman–Crippen MR) is 75.4 cm³/mol. The van der Waals surface area contributed by atoms with Crippen LogP contribution >= 0.6 is 0 Å². The number of carbonyl (C=O) groups is 1. The highest BCUT2D eigenvalue weighted by Crippen LogP contribution is 2.29. The van der Waals surface area contributed by atoms with Crippen LogP contribution in [-0.2, 0) is 6.18 Å². The first-order valence-electron chi connectivity index (χ1n) is 6.94. The number of aromatic amines is 1. The number of nitrogens with one attached hydrogen (secondary N) is 1. The number of imidazole rings is 1. The molecular weight excluding hydrogens is 295 g/mol. The molecule has 0 unspecified atom stereocenters. The maximum atomic E-state index is 12.7. The van der Waals surface area contributed by atoms with Crippen LogP contribution in [0.3, 0.4) is 0 Å². The second-order valence-corrected chi connectivity index (χ2v) is 5.18. The zero-order valence-corrected chi connectivity index (χ0v) is 11.8. The van der Waals surface area contributed by atoms with Crippen LogP contribution in [0.5, 0.6) is 0 Å². The van der Waals surface area contributed by atoms with Crippen molar-refractivity contribution in [1.82, 2.24) is 14.9 Å². The smallest absolute Gasteiger partial charge is 0.334 e. The molecule has 1 aliphatic rings. The number of alkyl halides is 3. The van der Waals surface area contributed by atoms with E-state index in [9.17, 15) is 18.0 Å². The number of halogens is 3. The van der Waals surface area contributed by atoms with E-state index in [2.05, 4.69) is 9.97 Å². The van der Waals surface area contributed by atoms with Crippen molar-refractivity contribution in [3.05, 3.63) is 41.7 Å². The summed E-state index contributed by atoms with van der Waals surface area (Å²) in [5.41, 5.74) is 0.751. The van der Waals surface area contributed by atoms with Crippen LogP contribution in [-0.4, -0.2) is 33.4 Å². The molecule has 2 aromatic rings. The molecule has 1 aromatic heterocycles. The van der Waals surface area contributed by atoms with Crippen molar-refractivity contribution in [2.45, 2.75) is 25.6 Å². The second kappa shape index (κ2) is 5.15. The highest BCUT2D eigenvalue weighted by atomic mass is 19.4. The molecule has 0 bridgehead atoms. The van der Waals surface area contributed by atoms with Crippen molar-refractivity contribution in [3.63, 3.8) is 0 Å². The third-order valence-corrected chi connectivity index (χ3v) is 3.74. The van der Waals surface area contributed by atoms with E-state index < -0.39 is 12.0 Å². The quantitative estimate of drug-likeness (QED) is 0.865. The van der Waals surface area contributed by atoms with Gasteiger partial charge in [-0.15, -0.1) is 0 Å². The van der Waals surface area contributed by atoms with E-state index in [1.54, 1.807) is 4.90 Å². The Balaban J connectivity index is 1.93. The van der Waals surface area contributed by atoms with Gasteiger partial charge in [-0.25, -0.2) is 4.98 Å². The van der Waals surface area contributed by atoms with Crippen molar-refractivity contribution in [2.75, 3.05) is 6.54 Å². The Morgan fingerprint density at radius 1 is 1.45 bits per heavy atom. The maximum absolute atomic E-state index is 12.7. The SMILES string of the molecule is CC[C@@H]1C=CCN1C(=O)c1ccc2nc(C(F)(F)F)[nH]c2c1. The Morgan fingerprint density at radius 3 is 2.91 bits per heavy atom. The predicted octanol–water partition coefficient (Wildman–Crippen LogP) is 3.37. The molecule has 0 aliphatic carbocycles. The number of nitrogens with zero attached hydrogens (tertiary/aromatic N) is 2. The van der Waals surface area contributed by atoms with Gasteiger partial charge in [-0.2, -0.15) is 13.2 Å². The molecule has 0 saturated carbocycles. The Labute approximate surface area is 124 Å². The highest BCUT2D eigenvalue weighted by molar-refractivity contribution is 5.98. The van der Waals surface area contributed by atoms with Crippen LogP contribution in [0.15, 0.2) is 30.4 Å².